The summed E-state index contributed by atoms with van der Waals surface area (Å²) in [4.78, 5) is 12.4. The Balaban J connectivity index is 1.51. The van der Waals surface area contributed by atoms with Crippen LogP contribution in [0.15, 0.2) is 24.4 Å². The molecule has 1 aromatic heterocycles. The molecule has 5 heteroatoms. The lowest BCUT2D eigenvalue weighted by Crippen LogP contribution is -2.39. The standard InChI is InChI=1S/C18H26N4O/c1-12(2)19-10-13-3-6-16(7-4-13)21-18(23)14-5-8-17-15(9-14)11-20-22-17/h5,8-9,11-13,16,19H,3-4,6-7,10H2,1-2H3,(H,20,22)(H,21,23). The van der Waals surface area contributed by atoms with E-state index in [0.717, 1.165) is 36.2 Å². The minimum Gasteiger partial charge on any atom is -0.349 e. The van der Waals surface area contributed by atoms with E-state index in [-0.39, 0.29) is 5.91 Å². The summed E-state index contributed by atoms with van der Waals surface area (Å²) < 4.78 is 0. The summed E-state index contributed by atoms with van der Waals surface area (Å²) in [5, 5.41) is 14.6. The van der Waals surface area contributed by atoms with Gasteiger partial charge in [-0.1, -0.05) is 13.8 Å². The van der Waals surface area contributed by atoms with Crippen molar-refractivity contribution in [1.82, 2.24) is 20.8 Å². The Labute approximate surface area is 137 Å². The Kier molecular flexibility index (Phi) is 4.96. The van der Waals surface area contributed by atoms with Gasteiger partial charge < -0.3 is 10.6 Å². The third kappa shape index (κ3) is 4.10. The molecule has 2 aromatic rings. The summed E-state index contributed by atoms with van der Waals surface area (Å²) in [5.41, 5.74) is 1.67. The average molecular weight is 314 g/mol. The molecule has 0 saturated heterocycles. The van der Waals surface area contributed by atoms with Crippen molar-refractivity contribution in [3.8, 4) is 0 Å². The molecule has 1 heterocycles. The lowest BCUT2D eigenvalue weighted by atomic mass is 9.85. The van der Waals surface area contributed by atoms with Crippen molar-refractivity contribution in [1.29, 1.82) is 0 Å². The molecule has 0 unspecified atom stereocenters. The fourth-order valence-electron chi connectivity index (χ4n) is 3.27. The normalized spacial score (nSPS) is 21.7. The Bertz CT molecular complexity index is 656. The molecule has 23 heavy (non-hydrogen) atoms. The molecule has 0 spiro atoms. The maximum Gasteiger partial charge on any atom is 0.251 e. The second kappa shape index (κ2) is 7.13. The van der Waals surface area contributed by atoms with Crippen LogP contribution in [0.25, 0.3) is 10.9 Å². The van der Waals surface area contributed by atoms with Crippen molar-refractivity contribution < 1.29 is 4.79 Å². The highest BCUT2D eigenvalue weighted by Crippen LogP contribution is 2.24. The number of nitrogens with one attached hydrogen (secondary N) is 3. The third-order valence-corrected chi connectivity index (χ3v) is 4.70. The first-order valence-corrected chi connectivity index (χ1v) is 8.59. The van der Waals surface area contributed by atoms with Gasteiger partial charge in [0, 0.05) is 23.0 Å². The molecule has 0 atom stereocenters. The number of H-pyrrole nitrogens is 1. The second-order valence-electron chi connectivity index (χ2n) is 6.93. The molecule has 1 amide bonds. The first-order valence-electron chi connectivity index (χ1n) is 8.59. The van der Waals surface area contributed by atoms with E-state index >= 15 is 0 Å². The van der Waals surface area contributed by atoms with Crippen molar-refractivity contribution in [2.45, 2.75) is 51.6 Å². The Morgan fingerprint density at radius 3 is 2.83 bits per heavy atom. The number of amides is 1. The third-order valence-electron chi connectivity index (χ3n) is 4.70. The van der Waals surface area contributed by atoms with Crippen LogP contribution in [0.5, 0.6) is 0 Å². The zero-order valence-corrected chi connectivity index (χ0v) is 13.9. The predicted molar refractivity (Wildman–Crippen MR) is 92.4 cm³/mol. The molecule has 1 aromatic carbocycles. The predicted octanol–water partition coefficient (Wildman–Crippen LogP) is 2.85. The van der Waals surface area contributed by atoms with Gasteiger partial charge in [0.05, 0.1) is 11.7 Å². The van der Waals surface area contributed by atoms with Crippen LogP contribution in [0.1, 0.15) is 49.9 Å². The largest absolute Gasteiger partial charge is 0.349 e. The average Bonchev–Trinajstić information content (AvgIpc) is 3.01. The summed E-state index contributed by atoms with van der Waals surface area (Å²) in [6, 6.07) is 6.51. The van der Waals surface area contributed by atoms with E-state index in [4.69, 9.17) is 0 Å². The summed E-state index contributed by atoms with van der Waals surface area (Å²) >= 11 is 0. The monoisotopic (exact) mass is 314 g/mol. The van der Waals surface area contributed by atoms with Crippen LogP contribution in [0, 0.1) is 5.92 Å². The first-order chi connectivity index (χ1) is 11.1. The minimum atomic E-state index is 0.0249. The minimum absolute atomic E-state index is 0.0249. The highest BCUT2D eigenvalue weighted by atomic mass is 16.1. The van der Waals surface area contributed by atoms with Crippen molar-refractivity contribution in [2.75, 3.05) is 6.54 Å². The van der Waals surface area contributed by atoms with E-state index in [1.807, 2.05) is 18.2 Å². The number of aromatic amines is 1. The molecule has 1 aliphatic carbocycles. The lowest BCUT2D eigenvalue weighted by Gasteiger charge is -2.29. The number of fused-ring (bicyclic) bond motifs is 1. The number of rotatable bonds is 5. The van der Waals surface area contributed by atoms with Gasteiger partial charge in [-0.05, 0) is 56.3 Å². The molecule has 0 bridgehead atoms. The summed E-state index contributed by atoms with van der Waals surface area (Å²) in [6.45, 7) is 5.46. The van der Waals surface area contributed by atoms with E-state index < -0.39 is 0 Å². The van der Waals surface area contributed by atoms with Crippen LogP contribution >= 0.6 is 0 Å². The molecular formula is C18H26N4O. The maximum absolute atomic E-state index is 12.4. The highest BCUT2D eigenvalue weighted by molar-refractivity contribution is 5.97. The fraction of sp³-hybridized carbons (Fsp3) is 0.556. The van der Waals surface area contributed by atoms with Gasteiger partial charge in [-0.15, -0.1) is 0 Å². The highest BCUT2D eigenvalue weighted by Gasteiger charge is 2.22. The Hall–Kier alpha value is -1.88. The van der Waals surface area contributed by atoms with Gasteiger partial charge in [0.15, 0.2) is 0 Å². The van der Waals surface area contributed by atoms with Crippen LogP contribution in [-0.4, -0.2) is 34.7 Å². The fourth-order valence-corrected chi connectivity index (χ4v) is 3.27. The van der Waals surface area contributed by atoms with Crippen molar-refractivity contribution >= 4 is 16.8 Å². The van der Waals surface area contributed by atoms with Crippen molar-refractivity contribution in [3.05, 3.63) is 30.0 Å². The quantitative estimate of drug-likeness (QED) is 0.795. The number of benzene rings is 1. The zero-order chi connectivity index (χ0) is 16.2. The van der Waals surface area contributed by atoms with E-state index in [0.29, 0.717) is 17.6 Å². The first kappa shape index (κ1) is 16.0. The van der Waals surface area contributed by atoms with Crippen LogP contribution in [-0.2, 0) is 0 Å². The molecule has 1 saturated carbocycles. The van der Waals surface area contributed by atoms with Crippen molar-refractivity contribution in [3.63, 3.8) is 0 Å². The van der Waals surface area contributed by atoms with Gasteiger partial charge in [0.1, 0.15) is 0 Å². The Morgan fingerprint density at radius 2 is 2.09 bits per heavy atom. The SMILES string of the molecule is CC(C)NCC1CCC(NC(=O)c2ccc3[nH]ncc3c2)CC1. The van der Waals surface area contributed by atoms with E-state index in [2.05, 4.69) is 34.7 Å². The van der Waals surface area contributed by atoms with Crippen LogP contribution in [0.3, 0.4) is 0 Å². The molecule has 5 nitrogen and oxygen atoms in total. The number of carbonyl (C=O) groups excluding carboxylic acids is 1. The van der Waals surface area contributed by atoms with Gasteiger partial charge in [-0.2, -0.15) is 5.10 Å². The molecule has 124 valence electrons. The van der Waals surface area contributed by atoms with E-state index in [9.17, 15) is 4.79 Å². The molecule has 1 aliphatic rings. The number of nitrogens with zero attached hydrogens (tertiary/aromatic N) is 1. The second-order valence-corrected chi connectivity index (χ2v) is 6.93. The van der Waals surface area contributed by atoms with Crippen molar-refractivity contribution in [2.24, 2.45) is 5.92 Å². The van der Waals surface area contributed by atoms with Crippen LogP contribution in [0.2, 0.25) is 0 Å². The van der Waals surface area contributed by atoms with Gasteiger partial charge in [0.25, 0.3) is 5.91 Å². The molecule has 1 fully saturated rings. The lowest BCUT2D eigenvalue weighted by molar-refractivity contribution is 0.0922. The number of carbonyl (C=O) groups is 1. The molecule has 0 aliphatic heterocycles. The number of hydrogen-bond acceptors (Lipinski definition) is 3. The van der Waals surface area contributed by atoms with Gasteiger partial charge in [-0.3, -0.25) is 9.89 Å². The van der Waals surface area contributed by atoms with Crippen LogP contribution < -0.4 is 10.6 Å². The number of hydrogen-bond donors (Lipinski definition) is 3. The molecular weight excluding hydrogens is 288 g/mol. The molecule has 0 radical (unpaired) electrons. The number of aromatic nitrogens is 2. The van der Waals surface area contributed by atoms with Crippen LogP contribution in [0.4, 0.5) is 0 Å². The smallest absolute Gasteiger partial charge is 0.251 e. The molecule has 3 rings (SSSR count). The van der Waals surface area contributed by atoms with E-state index in [1.54, 1.807) is 6.20 Å². The van der Waals surface area contributed by atoms with Gasteiger partial charge in [-0.25, -0.2) is 0 Å². The Morgan fingerprint density at radius 1 is 1.30 bits per heavy atom. The topological polar surface area (TPSA) is 69.8 Å². The molecule has 3 N–H and O–H groups in total. The summed E-state index contributed by atoms with van der Waals surface area (Å²) in [7, 11) is 0. The summed E-state index contributed by atoms with van der Waals surface area (Å²) in [5.74, 6) is 0.768. The zero-order valence-electron chi connectivity index (χ0n) is 13.9. The van der Waals surface area contributed by atoms with E-state index in [1.165, 1.54) is 12.8 Å². The van der Waals surface area contributed by atoms with Gasteiger partial charge >= 0.3 is 0 Å². The van der Waals surface area contributed by atoms with Gasteiger partial charge in [0.2, 0.25) is 0 Å². The maximum atomic E-state index is 12.4. The summed E-state index contributed by atoms with van der Waals surface area (Å²) in [6.07, 6.45) is 6.27.